The minimum Gasteiger partial charge on any atom is -0.454 e. The first-order chi connectivity index (χ1) is 8.19. The minimum atomic E-state index is -0.200. The van der Waals surface area contributed by atoms with E-state index in [1.54, 1.807) is 0 Å². The second-order valence-corrected chi connectivity index (χ2v) is 4.33. The Hall–Kier alpha value is -1.30. The highest BCUT2D eigenvalue weighted by Crippen LogP contribution is 2.32. The number of aliphatic hydroxyl groups excluding tert-OH is 1. The van der Waals surface area contributed by atoms with Crippen molar-refractivity contribution in [2.24, 2.45) is 5.73 Å². The van der Waals surface area contributed by atoms with Crippen LogP contribution in [0, 0.1) is 0 Å². The summed E-state index contributed by atoms with van der Waals surface area (Å²) in [6, 6.07) is 5.70. The van der Waals surface area contributed by atoms with Crippen LogP contribution in [-0.2, 0) is 6.54 Å². The van der Waals surface area contributed by atoms with Crippen molar-refractivity contribution in [2.75, 3.05) is 27.0 Å². The highest BCUT2D eigenvalue weighted by molar-refractivity contribution is 5.44. The molecule has 0 fully saturated rings. The molecule has 17 heavy (non-hydrogen) atoms. The topological polar surface area (TPSA) is 68.0 Å². The number of benzene rings is 1. The van der Waals surface area contributed by atoms with E-state index < -0.39 is 0 Å². The maximum Gasteiger partial charge on any atom is 0.231 e. The van der Waals surface area contributed by atoms with Crippen LogP contribution in [0.4, 0.5) is 0 Å². The summed E-state index contributed by atoms with van der Waals surface area (Å²) in [5.41, 5.74) is 6.82. The van der Waals surface area contributed by atoms with Gasteiger partial charge in [-0.15, -0.1) is 0 Å². The normalized spacial score (nSPS) is 15.3. The molecule has 0 saturated carbocycles. The highest BCUT2D eigenvalue weighted by atomic mass is 16.7. The van der Waals surface area contributed by atoms with Gasteiger partial charge in [0.2, 0.25) is 6.79 Å². The lowest BCUT2D eigenvalue weighted by atomic mass is 10.2. The fraction of sp³-hybridized carbons (Fsp3) is 0.500. The maximum absolute atomic E-state index is 8.89. The molecule has 5 heteroatoms. The van der Waals surface area contributed by atoms with E-state index in [1.807, 2.05) is 25.2 Å². The van der Waals surface area contributed by atoms with Crippen molar-refractivity contribution in [3.63, 3.8) is 0 Å². The predicted molar refractivity (Wildman–Crippen MR) is 64.0 cm³/mol. The number of rotatable bonds is 5. The number of nitrogens with two attached hydrogens (primary N) is 1. The number of ether oxygens (including phenoxy) is 2. The van der Waals surface area contributed by atoms with Crippen LogP contribution in [0.25, 0.3) is 0 Å². The zero-order valence-electron chi connectivity index (χ0n) is 9.93. The Balaban J connectivity index is 1.94. The lowest BCUT2D eigenvalue weighted by molar-refractivity contribution is 0.174. The Morgan fingerprint density at radius 3 is 2.94 bits per heavy atom. The van der Waals surface area contributed by atoms with E-state index in [9.17, 15) is 0 Å². The van der Waals surface area contributed by atoms with Gasteiger partial charge in [0.1, 0.15) is 0 Å². The van der Waals surface area contributed by atoms with E-state index in [2.05, 4.69) is 4.90 Å². The first kappa shape index (κ1) is 12.2. The zero-order chi connectivity index (χ0) is 12.3. The predicted octanol–water partition coefficient (Wildman–Crippen LogP) is 0.167. The number of likely N-dealkylation sites (N-methyl/N-ethyl adjacent to an activating group) is 1. The maximum atomic E-state index is 8.89. The first-order valence-corrected chi connectivity index (χ1v) is 5.62. The fourth-order valence-corrected chi connectivity index (χ4v) is 1.87. The average Bonchev–Trinajstić information content (AvgIpc) is 2.75. The third kappa shape index (κ3) is 3.09. The van der Waals surface area contributed by atoms with Crippen molar-refractivity contribution in [2.45, 2.75) is 12.6 Å². The molecule has 1 aromatic carbocycles. The second-order valence-electron chi connectivity index (χ2n) is 4.33. The van der Waals surface area contributed by atoms with Crippen LogP contribution in [0.15, 0.2) is 18.2 Å². The lowest BCUT2D eigenvalue weighted by Crippen LogP contribution is -2.37. The summed E-state index contributed by atoms with van der Waals surface area (Å²) >= 11 is 0. The van der Waals surface area contributed by atoms with E-state index >= 15 is 0 Å². The molecule has 0 radical (unpaired) electrons. The van der Waals surface area contributed by atoms with Gasteiger partial charge in [0, 0.05) is 19.1 Å². The molecular formula is C12H18N2O3. The van der Waals surface area contributed by atoms with E-state index in [4.69, 9.17) is 20.3 Å². The van der Waals surface area contributed by atoms with Crippen LogP contribution >= 0.6 is 0 Å². The molecule has 1 aliphatic heterocycles. The van der Waals surface area contributed by atoms with Crippen molar-refractivity contribution < 1.29 is 14.6 Å². The van der Waals surface area contributed by atoms with Gasteiger partial charge in [-0.2, -0.15) is 0 Å². The quantitative estimate of drug-likeness (QED) is 0.765. The summed E-state index contributed by atoms with van der Waals surface area (Å²) < 4.78 is 10.6. The molecule has 1 unspecified atom stereocenters. The third-order valence-electron chi connectivity index (χ3n) is 2.67. The summed E-state index contributed by atoms with van der Waals surface area (Å²) in [7, 11) is 1.97. The SMILES string of the molecule is CN(Cc1ccc2c(c1)OCO2)CC(N)CO. The van der Waals surface area contributed by atoms with Crippen molar-refractivity contribution >= 4 is 0 Å². The summed E-state index contributed by atoms with van der Waals surface area (Å²) in [6.07, 6.45) is 0. The van der Waals surface area contributed by atoms with E-state index in [1.165, 1.54) is 0 Å². The number of nitrogens with zero attached hydrogens (tertiary/aromatic N) is 1. The molecule has 2 rings (SSSR count). The van der Waals surface area contributed by atoms with Crippen LogP contribution in [0.2, 0.25) is 0 Å². The Bertz CT molecular complexity index is 384. The average molecular weight is 238 g/mol. The summed E-state index contributed by atoms with van der Waals surface area (Å²) in [5, 5.41) is 8.89. The summed E-state index contributed by atoms with van der Waals surface area (Å²) in [5.74, 6) is 1.59. The summed E-state index contributed by atoms with van der Waals surface area (Å²) in [4.78, 5) is 2.07. The van der Waals surface area contributed by atoms with Crippen molar-refractivity contribution in [3.05, 3.63) is 23.8 Å². The van der Waals surface area contributed by atoms with Crippen molar-refractivity contribution in [1.82, 2.24) is 4.90 Å². The third-order valence-corrected chi connectivity index (χ3v) is 2.67. The standard InChI is InChI=1S/C12H18N2O3/c1-14(6-10(13)7-15)5-9-2-3-11-12(4-9)17-8-16-11/h2-4,10,15H,5-8,13H2,1H3. The van der Waals surface area contributed by atoms with Gasteiger partial charge in [-0.1, -0.05) is 6.07 Å². The Morgan fingerprint density at radius 2 is 2.18 bits per heavy atom. The van der Waals surface area contributed by atoms with Gasteiger partial charge in [0.25, 0.3) is 0 Å². The number of hydrogen-bond donors (Lipinski definition) is 2. The van der Waals surface area contributed by atoms with Crippen LogP contribution < -0.4 is 15.2 Å². The smallest absolute Gasteiger partial charge is 0.231 e. The minimum absolute atomic E-state index is 0.00544. The number of fused-ring (bicyclic) bond motifs is 1. The largest absolute Gasteiger partial charge is 0.454 e. The molecule has 0 spiro atoms. The fourth-order valence-electron chi connectivity index (χ4n) is 1.87. The van der Waals surface area contributed by atoms with Crippen molar-refractivity contribution in [1.29, 1.82) is 0 Å². The number of aliphatic hydroxyl groups is 1. The Kier molecular flexibility index (Phi) is 3.83. The van der Waals surface area contributed by atoms with Gasteiger partial charge < -0.3 is 25.2 Å². The lowest BCUT2D eigenvalue weighted by Gasteiger charge is -2.20. The molecule has 1 atom stereocenters. The van der Waals surface area contributed by atoms with E-state index in [-0.39, 0.29) is 12.6 Å². The highest BCUT2D eigenvalue weighted by Gasteiger charge is 2.14. The molecule has 94 valence electrons. The van der Waals surface area contributed by atoms with E-state index in [0.717, 1.165) is 23.6 Å². The molecule has 5 nitrogen and oxygen atoms in total. The van der Waals surface area contributed by atoms with Crippen LogP contribution in [0.3, 0.4) is 0 Å². The molecule has 1 aliphatic rings. The van der Waals surface area contributed by atoms with Crippen molar-refractivity contribution in [3.8, 4) is 11.5 Å². The van der Waals surface area contributed by atoms with E-state index in [0.29, 0.717) is 13.3 Å². The molecular weight excluding hydrogens is 220 g/mol. The van der Waals surface area contributed by atoms with Gasteiger partial charge >= 0.3 is 0 Å². The monoisotopic (exact) mass is 238 g/mol. The second kappa shape index (κ2) is 5.35. The molecule has 1 heterocycles. The Morgan fingerprint density at radius 1 is 1.41 bits per heavy atom. The first-order valence-electron chi connectivity index (χ1n) is 5.62. The van der Waals surface area contributed by atoms with Gasteiger partial charge in [0.15, 0.2) is 11.5 Å². The molecule has 1 aromatic rings. The molecule has 3 N–H and O–H groups in total. The molecule has 0 amide bonds. The summed E-state index contributed by atoms with van der Waals surface area (Å²) in [6.45, 7) is 1.73. The Labute approximate surface area is 101 Å². The van der Waals surface area contributed by atoms with Gasteiger partial charge in [0.05, 0.1) is 6.61 Å². The van der Waals surface area contributed by atoms with Crippen LogP contribution in [0.5, 0.6) is 11.5 Å². The molecule has 0 bridgehead atoms. The zero-order valence-corrected chi connectivity index (χ0v) is 9.93. The van der Waals surface area contributed by atoms with Crippen LogP contribution in [-0.4, -0.2) is 43.0 Å². The van der Waals surface area contributed by atoms with Gasteiger partial charge in [-0.25, -0.2) is 0 Å². The molecule has 0 aliphatic carbocycles. The molecule has 0 aromatic heterocycles. The van der Waals surface area contributed by atoms with Gasteiger partial charge in [-0.3, -0.25) is 0 Å². The van der Waals surface area contributed by atoms with Crippen LogP contribution in [0.1, 0.15) is 5.56 Å². The number of hydrogen-bond acceptors (Lipinski definition) is 5. The molecule has 0 saturated heterocycles. The van der Waals surface area contributed by atoms with Gasteiger partial charge in [-0.05, 0) is 24.7 Å².